The maximum Gasteiger partial charge on any atom is 0.272 e. The zero-order valence-electron chi connectivity index (χ0n) is 21.2. The fraction of sp³-hybridized carbons (Fsp3) is 0.346. The van der Waals surface area contributed by atoms with Gasteiger partial charge in [-0.3, -0.25) is 9.59 Å². The fourth-order valence-corrected chi connectivity index (χ4v) is 5.81. The highest BCUT2D eigenvalue weighted by molar-refractivity contribution is 7.89. The zero-order chi connectivity index (χ0) is 27.0. The molecule has 0 fully saturated rings. The molecule has 4 rings (SSSR count). The summed E-state index contributed by atoms with van der Waals surface area (Å²) in [6.07, 6.45) is 0. The van der Waals surface area contributed by atoms with Crippen molar-refractivity contribution in [2.45, 2.75) is 44.8 Å². The van der Waals surface area contributed by atoms with Crippen molar-refractivity contribution < 1.29 is 22.4 Å². The number of imidazole rings is 1. The van der Waals surface area contributed by atoms with Crippen molar-refractivity contribution in [3.05, 3.63) is 71.8 Å². The lowest BCUT2D eigenvalue weighted by Crippen LogP contribution is -2.53. The van der Waals surface area contributed by atoms with Crippen LogP contribution in [0.15, 0.2) is 59.5 Å². The predicted molar refractivity (Wildman–Crippen MR) is 136 cm³/mol. The molecule has 196 valence electrons. The topological polar surface area (TPSA) is 113 Å². The first-order valence-electron chi connectivity index (χ1n) is 11.9. The maximum atomic E-state index is 14.4. The first-order chi connectivity index (χ1) is 17.4. The lowest BCUT2D eigenvalue weighted by atomic mass is 9.86. The van der Waals surface area contributed by atoms with Gasteiger partial charge in [0.15, 0.2) is 5.69 Å². The van der Waals surface area contributed by atoms with Crippen LogP contribution in [0.3, 0.4) is 0 Å². The molecule has 1 atom stereocenters. The van der Waals surface area contributed by atoms with Gasteiger partial charge in [-0.15, -0.1) is 0 Å². The summed E-state index contributed by atoms with van der Waals surface area (Å²) in [5.41, 5.74) is 0.544. The average molecular weight is 528 g/mol. The number of fused-ring (bicyclic) bond motifs is 1. The summed E-state index contributed by atoms with van der Waals surface area (Å²) in [5, 5.41) is 5.35. The molecule has 0 bridgehead atoms. The Bertz CT molecular complexity index is 1430. The monoisotopic (exact) mass is 527 g/mol. The van der Waals surface area contributed by atoms with Crippen LogP contribution in [0.2, 0.25) is 0 Å². The van der Waals surface area contributed by atoms with Crippen LogP contribution in [0, 0.1) is 11.2 Å². The number of aromatic nitrogens is 2. The Balaban J connectivity index is 1.77. The van der Waals surface area contributed by atoms with Gasteiger partial charge in [-0.05, 0) is 17.5 Å². The van der Waals surface area contributed by atoms with Gasteiger partial charge in [0.2, 0.25) is 15.9 Å². The number of nitrogens with zero attached hydrogens (tertiary/aromatic N) is 3. The highest BCUT2D eigenvalue weighted by Crippen LogP contribution is 2.30. The number of hydrogen-bond donors (Lipinski definition) is 2. The molecule has 2 aromatic carbocycles. The van der Waals surface area contributed by atoms with E-state index in [1.54, 1.807) is 0 Å². The second-order valence-electron chi connectivity index (χ2n) is 9.90. The molecule has 2 N–H and O–H groups in total. The molecule has 1 aliphatic rings. The molecule has 1 aliphatic heterocycles. The SMILES string of the molecule is CNC(=O)C(NC(=O)c1nc(-c2ccccc2)n2c1CN(S(=O)(=O)c1ccccc1F)CC2)C(C)(C)C. The van der Waals surface area contributed by atoms with Crippen LogP contribution in [0.4, 0.5) is 4.39 Å². The summed E-state index contributed by atoms with van der Waals surface area (Å²) in [6.45, 7) is 5.59. The molecular formula is C26H30FN5O4S. The third kappa shape index (κ3) is 5.14. The number of amides is 2. The van der Waals surface area contributed by atoms with E-state index in [2.05, 4.69) is 15.6 Å². The van der Waals surface area contributed by atoms with Gasteiger partial charge in [0.25, 0.3) is 5.91 Å². The second kappa shape index (κ2) is 10.1. The second-order valence-corrected chi connectivity index (χ2v) is 11.8. The number of benzene rings is 2. The Kier molecular flexibility index (Phi) is 7.20. The Hall–Kier alpha value is -3.57. The molecule has 2 heterocycles. The molecule has 9 nitrogen and oxygen atoms in total. The Labute approximate surface area is 215 Å². The van der Waals surface area contributed by atoms with E-state index in [-0.39, 0.29) is 31.2 Å². The number of halogens is 1. The van der Waals surface area contributed by atoms with Crippen molar-refractivity contribution in [2.24, 2.45) is 5.41 Å². The molecule has 0 radical (unpaired) electrons. The normalized spacial score (nSPS) is 15.1. The smallest absolute Gasteiger partial charge is 0.272 e. The highest BCUT2D eigenvalue weighted by atomic mass is 32.2. The number of sulfonamides is 1. The number of hydrogen-bond acceptors (Lipinski definition) is 5. The standard InChI is InChI=1S/C26H30FN5O4S/c1-26(2,3)22(25(34)28-4)30-24(33)21-19-16-31(37(35,36)20-13-9-8-12-18(20)27)14-15-32(19)23(29-21)17-10-6-5-7-11-17/h5-13,22H,14-16H2,1-4H3,(H,28,34)(H,30,33). The molecule has 1 aromatic heterocycles. The predicted octanol–water partition coefficient (Wildman–Crippen LogP) is 2.78. The minimum atomic E-state index is -4.18. The van der Waals surface area contributed by atoms with Crippen LogP contribution in [0.1, 0.15) is 37.0 Å². The minimum absolute atomic E-state index is 0.0189. The summed E-state index contributed by atoms with van der Waals surface area (Å²) in [5.74, 6) is -1.29. The number of carbonyl (C=O) groups excluding carboxylic acids is 2. The lowest BCUT2D eigenvalue weighted by Gasteiger charge is -2.30. The summed E-state index contributed by atoms with van der Waals surface area (Å²) < 4.78 is 44.0. The Morgan fingerprint density at radius 3 is 2.30 bits per heavy atom. The van der Waals surface area contributed by atoms with E-state index in [0.717, 1.165) is 15.9 Å². The number of likely N-dealkylation sites (N-methyl/N-ethyl adjacent to an activating group) is 1. The molecular weight excluding hydrogens is 497 g/mol. The van der Waals surface area contributed by atoms with E-state index in [1.165, 1.54) is 25.2 Å². The number of carbonyl (C=O) groups is 2. The van der Waals surface area contributed by atoms with Crippen LogP contribution in [0.25, 0.3) is 11.4 Å². The maximum absolute atomic E-state index is 14.4. The van der Waals surface area contributed by atoms with E-state index >= 15 is 0 Å². The van der Waals surface area contributed by atoms with E-state index in [4.69, 9.17) is 0 Å². The van der Waals surface area contributed by atoms with Crippen molar-refractivity contribution in [1.29, 1.82) is 0 Å². The zero-order valence-corrected chi connectivity index (χ0v) is 22.0. The molecule has 0 spiro atoms. The lowest BCUT2D eigenvalue weighted by molar-refractivity contribution is -0.124. The minimum Gasteiger partial charge on any atom is -0.357 e. The summed E-state index contributed by atoms with van der Waals surface area (Å²) >= 11 is 0. The molecule has 0 saturated carbocycles. The van der Waals surface area contributed by atoms with Crippen LogP contribution in [-0.4, -0.2) is 53.7 Å². The van der Waals surface area contributed by atoms with E-state index < -0.39 is 38.1 Å². The average Bonchev–Trinajstić information content (AvgIpc) is 3.26. The van der Waals surface area contributed by atoms with Crippen molar-refractivity contribution in [2.75, 3.05) is 13.6 Å². The quantitative estimate of drug-likeness (QED) is 0.512. The number of rotatable bonds is 6. The van der Waals surface area contributed by atoms with Gasteiger partial charge >= 0.3 is 0 Å². The van der Waals surface area contributed by atoms with Gasteiger partial charge in [-0.25, -0.2) is 17.8 Å². The van der Waals surface area contributed by atoms with Crippen molar-refractivity contribution >= 4 is 21.8 Å². The molecule has 0 saturated heterocycles. The van der Waals surface area contributed by atoms with E-state index in [9.17, 15) is 22.4 Å². The fourth-order valence-electron chi connectivity index (χ4n) is 4.35. The van der Waals surface area contributed by atoms with Crippen LogP contribution in [-0.2, 0) is 27.9 Å². The van der Waals surface area contributed by atoms with Crippen LogP contribution < -0.4 is 10.6 Å². The highest BCUT2D eigenvalue weighted by Gasteiger charge is 2.37. The molecule has 2 amide bonds. The molecule has 3 aromatic rings. The van der Waals surface area contributed by atoms with Crippen LogP contribution in [0.5, 0.6) is 0 Å². The van der Waals surface area contributed by atoms with Gasteiger partial charge in [0, 0.05) is 25.7 Å². The van der Waals surface area contributed by atoms with Crippen molar-refractivity contribution in [3.8, 4) is 11.4 Å². The summed E-state index contributed by atoms with van der Waals surface area (Å²) in [7, 11) is -2.68. The molecule has 0 aliphatic carbocycles. The van der Waals surface area contributed by atoms with Crippen LogP contribution >= 0.6 is 0 Å². The molecule has 1 unspecified atom stereocenters. The Morgan fingerprint density at radius 2 is 1.68 bits per heavy atom. The largest absolute Gasteiger partial charge is 0.357 e. The van der Waals surface area contributed by atoms with Gasteiger partial charge in [0.05, 0.1) is 12.2 Å². The first-order valence-corrected chi connectivity index (χ1v) is 13.3. The van der Waals surface area contributed by atoms with Crippen molar-refractivity contribution in [3.63, 3.8) is 0 Å². The van der Waals surface area contributed by atoms with Crippen molar-refractivity contribution in [1.82, 2.24) is 24.5 Å². The van der Waals surface area contributed by atoms with E-state index in [1.807, 2.05) is 55.7 Å². The number of nitrogens with one attached hydrogen (secondary N) is 2. The molecule has 11 heteroatoms. The third-order valence-corrected chi connectivity index (χ3v) is 8.20. The molecule has 37 heavy (non-hydrogen) atoms. The van der Waals surface area contributed by atoms with Gasteiger partial charge < -0.3 is 15.2 Å². The summed E-state index contributed by atoms with van der Waals surface area (Å²) in [6, 6.07) is 13.6. The third-order valence-electron chi connectivity index (χ3n) is 6.32. The van der Waals surface area contributed by atoms with Gasteiger partial charge in [-0.1, -0.05) is 63.2 Å². The van der Waals surface area contributed by atoms with E-state index in [0.29, 0.717) is 11.5 Å². The van der Waals surface area contributed by atoms with Gasteiger partial charge in [-0.2, -0.15) is 4.31 Å². The van der Waals surface area contributed by atoms with Gasteiger partial charge in [0.1, 0.15) is 22.6 Å². The first kappa shape index (κ1) is 26.5. The summed E-state index contributed by atoms with van der Waals surface area (Å²) in [4.78, 5) is 30.2. The Morgan fingerprint density at radius 1 is 1.03 bits per heavy atom.